The average Bonchev–Trinajstić information content (AvgIpc) is 2.97. The minimum absolute atomic E-state index is 0.349. The number of aromatic nitrogens is 2. The van der Waals surface area contributed by atoms with Crippen LogP contribution in [0.5, 0.6) is 0 Å². The van der Waals surface area contributed by atoms with E-state index in [-0.39, 0.29) is 0 Å². The van der Waals surface area contributed by atoms with E-state index in [0.717, 1.165) is 40.7 Å². The Morgan fingerprint density at radius 1 is 0.730 bits per heavy atom. The first-order valence-electron chi connectivity index (χ1n) is 12.4. The van der Waals surface area contributed by atoms with E-state index in [9.17, 15) is 0 Å². The Balaban J connectivity index is 1.38. The number of hydrogen-bond donors (Lipinski definition) is 1. The molecule has 0 saturated heterocycles. The van der Waals surface area contributed by atoms with Crippen molar-refractivity contribution in [3.63, 3.8) is 0 Å². The third kappa shape index (κ3) is 5.16. The average molecular weight is 501 g/mol. The predicted octanol–water partition coefficient (Wildman–Crippen LogP) is 8.38. The fraction of sp³-hybridized carbons (Fsp3) is 0.0938. The molecule has 180 valence electrons. The number of halogens is 1. The van der Waals surface area contributed by atoms with E-state index >= 15 is 0 Å². The SMILES string of the molecule is Clc1ccc2nc(NN=C3C=C(c4ccccc4)CC(c4ccccc4)C3)nc(-c3ccccc3)c2c1. The third-order valence-corrected chi connectivity index (χ3v) is 6.92. The lowest BCUT2D eigenvalue weighted by Crippen LogP contribution is -2.14. The Morgan fingerprint density at radius 3 is 2.14 bits per heavy atom. The highest BCUT2D eigenvalue weighted by Gasteiger charge is 2.22. The molecule has 4 aromatic carbocycles. The molecule has 0 saturated carbocycles. The van der Waals surface area contributed by atoms with Crippen LogP contribution in [0.25, 0.3) is 27.7 Å². The van der Waals surface area contributed by atoms with Gasteiger partial charge in [0.05, 0.1) is 16.9 Å². The van der Waals surface area contributed by atoms with Gasteiger partial charge in [-0.2, -0.15) is 5.10 Å². The van der Waals surface area contributed by atoms with Crippen LogP contribution in [0.1, 0.15) is 29.9 Å². The lowest BCUT2D eigenvalue weighted by Gasteiger charge is -2.24. The topological polar surface area (TPSA) is 50.2 Å². The van der Waals surface area contributed by atoms with Crippen molar-refractivity contribution < 1.29 is 0 Å². The molecular formula is C32H25ClN4. The maximum Gasteiger partial charge on any atom is 0.244 e. The van der Waals surface area contributed by atoms with Gasteiger partial charge in [0, 0.05) is 16.0 Å². The number of nitrogens with one attached hydrogen (secondary N) is 1. The summed E-state index contributed by atoms with van der Waals surface area (Å²) in [5.74, 6) is 0.805. The number of rotatable bonds is 5. The molecule has 1 aliphatic rings. The van der Waals surface area contributed by atoms with Gasteiger partial charge < -0.3 is 0 Å². The molecule has 1 unspecified atom stereocenters. The zero-order chi connectivity index (χ0) is 25.0. The zero-order valence-electron chi connectivity index (χ0n) is 20.2. The first kappa shape index (κ1) is 23.1. The van der Waals surface area contributed by atoms with E-state index in [0.29, 0.717) is 16.9 Å². The largest absolute Gasteiger partial charge is 0.245 e. The first-order valence-corrected chi connectivity index (χ1v) is 12.8. The fourth-order valence-electron chi connectivity index (χ4n) is 4.89. The molecule has 1 N–H and O–H groups in total. The van der Waals surface area contributed by atoms with Gasteiger partial charge in [0.15, 0.2) is 0 Å². The quantitative estimate of drug-likeness (QED) is 0.246. The Hall–Kier alpha value is -4.28. The number of anilines is 1. The number of hydrogen-bond acceptors (Lipinski definition) is 4. The number of fused-ring (bicyclic) bond motifs is 1. The molecule has 37 heavy (non-hydrogen) atoms. The van der Waals surface area contributed by atoms with Crippen molar-refractivity contribution in [2.24, 2.45) is 5.10 Å². The van der Waals surface area contributed by atoms with Gasteiger partial charge in [-0.15, -0.1) is 0 Å². The summed E-state index contributed by atoms with van der Waals surface area (Å²) >= 11 is 6.31. The summed E-state index contributed by atoms with van der Waals surface area (Å²) < 4.78 is 0. The number of benzene rings is 4. The number of allylic oxidation sites excluding steroid dienone is 2. The summed E-state index contributed by atoms with van der Waals surface area (Å²) in [6.07, 6.45) is 4.00. The molecule has 0 spiro atoms. The molecule has 1 aromatic heterocycles. The van der Waals surface area contributed by atoms with Gasteiger partial charge in [0.1, 0.15) is 0 Å². The first-order chi connectivity index (χ1) is 18.2. The van der Waals surface area contributed by atoms with E-state index < -0.39 is 0 Å². The van der Waals surface area contributed by atoms with Gasteiger partial charge in [-0.1, -0.05) is 103 Å². The molecule has 0 bridgehead atoms. The van der Waals surface area contributed by atoms with E-state index in [1.165, 1.54) is 16.7 Å². The second-order valence-corrected chi connectivity index (χ2v) is 9.63. The van der Waals surface area contributed by atoms with E-state index in [4.69, 9.17) is 26.7 Å². The second kappa shape index (κ2) is 10.4. The second-order valence-electron chi connectivity index (χ2n) is 9.19. The Bertz CT molecular complexity index is 1600. The van der Waals surface area contributed by atoms with Crippen LogP contribution in [0, 0.1) is 0 Å². The molecule has 1 atom stereocenters. The molecule has 6 rings (SSSR count). The number of nitrogens with zero attached hydrogens (tertiary/aromatic N) is 3. The van der Waals surface area contributed by atoms with Crippen molar-refractivity contribution in [2.45, 2.75) is 18.8 Å². The highest BCUT2D eigenvalue weighted by Crippen LogP contribution is 2.36. The van der Waals surface area contributed by atoms with Gasteiger partial charge in [-0.3, -0.25) is 0 Å². The van der Waals surface area contributed by atoms with Crippen molar-refractivity contribution in [2.75, 3.05) is 5.43 Å². The van der Waals surface area contributed by atoms with E-state index in [1.807, 2.05) is 54.6 Å². The van der Waals surface area contributed by atoms with Crippen molar-refractivity contribution in [1.82, 2.24) is 9.97 Å². The van der Waals surface area contributed by atoms with Gasteiger partial charge in [0.25, 0.3) is 0 Å². The van der Waals surface area contributed by atoms with Crippen LogP contribution in [0.2, 0.25) is 5.02 Å². The van der Waals surface area contributed by atoms with Crippen molar-refractivity contribution >= 4 is 39.7 Å². The van der Waals surface area contributed by atoms with Crippen molar-refractivity contribution in [3.05, 3.63) is 131 Å². The summed E-state index contributed by atoms with van der Waals surface area (Å²) in [5.41, 5.74) is 10.6. The Kier molecular flexibility index (Phi) is 6.49. The molecule has 5 heteroatoms. The molecular weight excluding hydrogens is 476 g/mol. The maximum absolute atomic E-state index is 6.31. The Labute approximate surface area is 221 Å². The van der Waals surface area contributed by atoms with Gasteiger partial charge in [-0.05, 0) is 59.7 Å². The van der Waals surface area contributed by atoms with Crippen LogP contribution in [0.3, 0.4) is 0 Å². The van der Waals surface area contributed by atoms with Crippen LogP contribution in [0.15, 0.2) is 120 Å². The Morgan fingerprint density at radius 2 is 1.41 bits per heavy atom. The predicted molar refractivity (Wildman–Crippen MR) is 154 cm³/mol. The van der Waals surface area contributed by atoms with Crippen LogP contribution in [-0.4, -0.2) is 15.7 Å². The minimum atomic E-state index is 0.349. The maximum atomic E-state index is 6.31. The van der Waals surface area contributed by atoms with Gasteiger partial charge >= 0.3 is 0 Å². The zero-order valence-corrected chi connectivity index (χ0v) is 20.9. The highest BCUT2D eigenvalue weighted by atomic mass is 35.5. The molecule has 0 radical (unpaired) electrons. The van der Waals surface area contributed by atoms with Crippen LogP contribution in [0.4, 0.5) is 5.95 Å². The summed E-state index contributed by atoms with van der Waals surface area (Å²) in [4.78, 5) is 9.58. The molecule has 4 nitrogen and oxygen atoms in total. The van der Waals surface area contributed by atoms with Crippen molar-refractivity contribution in [1.29, 1.82) is 0 Å². The summed E-state index contributed by atoms with van der Waals surface area (Å²) in [5, 5.41) is 6.37. The fourth-order valence-corrected chi connectivity index (χ4v) is 5.06. The number of hydrazone groups is 1. The normalized spacial score (nSPS) is 16.5. The van der Waals surface area contributed by atoms with E-state index in [2.05, 4.69) is 66.1 Å². The summed E-state index contributed by atoms with van der Waals surface area (Å²) in [7, 11) is 0. The minimum Gasteiger partial charge on any atom is -0.245 e. The lowest BCUT2D eigenvalue weighted by molar-refractivity contribution is 0.731. The van der Waals surface area contributed by atoms with Crippen LogP contribution >= 0.6 is 11.6 Å². The molecule has 5 aromatic rings. The molecule has 0 fully saturated rings. The van der Waals surface area contributed by atoms with Gasteiger partial charge in [-0.25, -0.2) is 15.4 Å². The molecule has 1 aliphatic carbocycles. The van der Waals surface area contributed by atoms with Crippen LogP contribution < -0.4 is 5.43 Å². The summed E-state index contributed by atoms with van der Waals surface area (Å²) in [6, 6.07) is 37.0. The smallest absolute Gasteiger partial charge is 0.244 e. The lowest BCUT2D eigenvalue weighted by atomic mass is 9.81. The van der Waals surface area contributed by atoms with Crippen molar-refractivity contribution in [3.8, 4) is 11.3 Å². The van der Waals surface area contributed by atoms with Crippen LogP contribution in [-0.2, 0) is 0 Å². The molecule has 1 heterocycles. The molecule has 0 amide bonds. The van der Waals surface area contributed by atoms with Gasteiger partial charge in [0.2, 0.25) is 5.95 Å². The standard InChI is InChI=1S/C32H25ClN4/c33-27-16-17-30-29(21-27)31(24-14-8-3-9-15-24)35-32(34-30)37-36-28-19-25(22-10-4-1-5-11-22)18-26(20-28)23-12-6-2-7-13-23/h1-17,19,21,26H,18,20H2,(H,34,35,37). The monoisotopic (exact) mass is 500 g/mol. The molecule has 0 aliphatic heterocycles. The van der Waals surface area contributed by atoms with E-state index in [1.54, 1.807) is 0 Å². The summed E-state index contributed by atoms with van der Waals surface area (Å²) in [6.45, 7) is 0. The third-order valence-electron chi connectivity index (χ3n) is 6.68. The highest BCUT2D eigenvalue weighted by molar-refractivity contribution is 6.31.